The van der Waals surface area contributed by atoms with Crippen molar-refractivity contribution in [3.63, 3.8) is 0 Å². The molecule has 0 aliphatic heterocycles. The summed E-state index contributed by atoms with van der Waals surface area (Å²) in [7, 11) is 0. The molecule has 0 atom stereocenters. The summed E-state index contributed by atoms with van der Waals surface area (Å²) in [6, 6.07) is 18.2. The minimum atomic E-state index is -0.437. The molecule has 0 aliphatic carbocycles. The number of nitro groups is 1. The fourth-order valence-corrected chi connectivity index (χ4v) is 2.91. The van der Waals surface area contributed by atoms with Gasteiger partial charge >= 0.3 is 0 Å². The molecule has 0 saturated heterocycles. The Labute approximate surface area is 165 Å². The average molecular weight is 398 g/mol. The van der Waals surface area contributed by atoms with Crippen molar-refractivity contribution >= 4 is 40.7 Å². The highest BCUT2D eigenvalue weighted by Gasteiger charge is 2.15. The van der Waals surface area contributed by atoms with Gasteiger partial charge in [0.1, 0.15) is 0 Å². The van der Waals surface area contributed by atoms with Crippen LogP contribution in [0.1, 0.15) is 15.9 Å². The number of nitro benzene ring substituents is 1. The molecule has 3 aromatic rings. The molecule has 0 aliphatic rings. The molecule has 0 aromatic heterocycles. The monoisotopic (exact) mass is 397 g/mol. The Kier molecular flexibility index (Phi) is 5.69. The average Bonchev–Trinajstić information content (AvgIpc) is 2.68. The second kappa shape index (κ2) is 8.16. The van der Waals surface area contributed by atoms with Crippen LogP contribution in [0.3, 0.4) is 0 Å². The van der Waals surface area contributed by atoms with E-state index in [1.807, 2.05) is 0 Å². The number of halogens is 2. The largest absolute Gasteiger partial charge is 0.289 e. The number of carbonyl (C=O) groups excluding carboxylic acids is 1. The zero-order chi connectivity index (χ0) is 19.4. The number of hydrogen-bond donors (Lipinski definition) is 0. The Hall–Kier alpha value is -2.95. The van der Waals surface area contributed by atoms with Gasteiger partial charge in [-0.15, -0.1) is 0 Å². The lowest BCUT2D eigenvalue weighted by molar-refractivity contribution is -0.384. The third-order valence-corrected chi connectivity index (χ3v) is 4.67. The van der Waals surface area contributed by atoms with Gasteiger partial charge in [-0.2, -0.15) is 0 Å². The van der Waals surface area contributed by atoms with E-state index in [-0.39, 0.29) is 11.5 Å². The van der Waals surface area contributed by atoms with E-state index in [9.17, 15) is 14.9 Å². The maximum Gasteiger partial charge on any atom is 0.277 e. The van der Waals surface area contributed by atoms with Crippen LogP contribution in [0.4, 0.5) is 5.69 Å². The van der Waals surface area contributed by atoms with Crippen LogP contribution in [-0.2, 0) is 0 Å². The van der Waals surface area contributed by atoms with Crippen molar-refractivity contribution < 1.29 is 9.72 Å². The van der Waals surface area contributed by atoms with Crippen molar-refractivity contribution in [1.29, 1.82) is 0 Å². The maximum absolute atomic E-state index is 12.5. The predicted molar refractivity (Wildman–Crippen MR) is 108 cm³/mol. The normalized spacial score (nSPS) is 10.9. The second-order valence-electron chi connectivity index (χ2n) is 5.73. The van der Waals surface area contributed by atoms with Crippen LogP contribution in [0.5, 0.6) is 0 Å². The van der Waals surface area contributed by atoms with E-state index in [2.05, 4.69) is 0 Å². The third kappa shape index (κ3) is 4.42. The molecule has 0 bridgehead atoms. The molecule has 3 aromatic carbocycles. The van der Waals surface area contributed by atoms with Crippen molar-refractivity contribution in [2.75, 3.05) is 0 Å². The fourth-order valence-electron chi connectivity index (χ4n) is 2.60. The first-order valence-corrected chi connectivity index (χ1v) is 8.72. The lowest BCUT2D eigenvalue weighted by atomic mass is 9.99. The Morgan fingerprint density at radius 3 is 2.44 bits per heavy atom. The van der Waals surface area contributed by atoms with Gasteiger partial charge in [0.2, 0.25) is 0 Å². The van der Waals surface area contributed by atoms with Crippen molar-refractivity contribution in [3.8, 4) is 11.1 Å². The van der Waals surface area contributed by atoms with E-state index >= 15 is 0 Å². The highest BCUT2D eigenvalue weighted by Crippen LogP contribution is 2.30. The molecule has 6 heteroatoms. The van der Waals surface area contributed by atoms with Crippen molar-refractivity contribution in [2.45, 2.75) is 0 Å². The van der Waals surface area contributed by atoms with Crippen molar-refractivity contribution in [1.82, 2.24) is 0 Å². The topological polar surface area (TPSA) is 60.2 Å². The van der Waals surface area contributed by atoms with Gasteiger partial charge in [0.05, 0.1) is 20.5 Å². The van der Waals surface area contributed by atoms with Crippen LogP contribution in [0.2, 0.25) is 10.0 Å². The van der Waals surface area contributed by atoms with Crippen LogP contribution in [-0.4, -0.2) is 10.7 Å². The van der Waals surface area contributed by atoms with Gasteiger partial charge in [0, 0.05) is 11.6 Å². The Morgan fingerprint density at radius 2 is 1.70 bits per heavy atom. The molecule has 0 N–H and O–H groups in total. The minimum absolute atomic E-state index is 0.00607. The van der Waals surface area contributed by atoms with Crippen LogP contribution in [0.25, 0.3) is 17.2 Å². The number of para-hydroxylation sites is 1. The Morgan fingerprint density at radius 1 is 0.926 bits per heavy atom. The van der Waals surface area contributed by atoms with Crippen LogP contribution >= 0.6 is 23.2 Å². The summed E-state index contributed by atoms with van der Waals surface area (Å²) < 4.78 is 0. The fraction of sp³-hybridized carbons (Fsp3) is 0. The minimum Gasteiger partial charge on any atom is -0.289 e. The number of allylic oxidation sites excluding steroid dienone is 1. The van der Waals surface area contributed by atoms with Crippen LogP contribution in [0, 0.1) is 10.1 Å². The standard InChI is InChI=1S/C21H13Cl2NO3/c22-18-10-8-14(12-19(18)23)9-11-21(25)16-5-3-4-15(13-16)17-6-1-2-7-20(17)24(26)27/h1-13H/b11-9+. The van der Waals surface area contributed by atoms with E-state index in [1.54, 1.807) is 66.7 Å². The Bertz CT molecular complexity index is 1060. The summed E-state index contributed by atoms with van der Waals surface area (Å²) in [6.07, 6.45) is 3.07. The predicted octanol–water partition coefficient (Wildman–Crippen LogP) is 6.46. The summed E-state index contributed by atoms with van der Waals surface area (Å²) in [5.41, 5.74) is 2.24. The molecule has 0 spiro atoms. The number of ketones is 1. The number of benzene rings is 3. The summed E-state index contributed by atoms with van der Waals surface area (Å²) >= 11 is 11.8. The summed E-state index contributed by atoms with van der Waals surface area (Å²) in [5, 5.41) is 12.1. The molecule has 0 heterocycles. The van der Waals surface area contributed by atoms with Crippen LogP contribution < -0.4 is 0 Å². The summed E-state index contributed by atoms with van der Waals surface area (Å²) in [4.78, 5) is 23.3. The van der Waals surface area contributed by atoms with Crippen molar-refractivity contribution in [2.24, 2.45) is 0 Å². The molecule has 0 fully saturated rings. The zero-order valence-electron chi connectivity index (χ0n) is 13.9. The van der Waals surface area contributed by atoms with Gasteiger partial charge in [-0.25, -0.2) is 0 Å². The van der Waals surface area contributed by atoms with Gasteiger partial charge in [-0.3, -0.25) is 14.9 Å². The summed E-state index contributed by atoms with van der Waals surface area (Å²) in [5.74, 6) is -0.221. The molecule has 134 valence electrons. The molecular formula is C21H13Cl2NO3. The molecule has 0 amide bonds. The van der Waals surface area contributed by atoms with Gasteiger partial charge in [0.15, 0.2) is 5.78 Å². The number of rotatable bonds is 5. The highest BCUT2D eigenvalue weighted by atomic mass is 35.5. The first kappa shape index (κ1) is 18.8. The maximum atomic E-state index is 12.5. The summed E-state index contributed by atoms with van der Waals surface area (Å²) in [6.45, 7) is 0. The molecule has 4 nitrogen and oxygen atoms in total. The van der Waals surface area contributed by atoms with E-state index in [0.717, 1.165) is 5.56 Å². The van der Waals surface area contributed by atoms with Gasteiger partial charge in [-0.1, -0.05) is 65.7 Å². The smallest absolute Gasteiger partial charge is 0.277 e. The van der Waals surface area contributed by atoms with Crippen molar-refractivity contribution in [3.05, 3.63) is 104 Å². The van der Waals surface area contributed by atoms with Gasteiger partial charge < -0.3 is 0 Å². The third-order valence-electron chi connectivity index (χ3n) is 3.93. The number of carbonyl (C=O) groups is 1. The lowest BCUT2D eigenvalue weighted by Crippen LogP contribution is -1.96. The first-order valence-electron chi connectivity index (χ1n) is 7.97. The SMILES string of the molecule is O=C(/C=C/c1ccc(Cl)c(Cl)c1)c1cccc(-c2ccccc2[N+](=O)[O-])c1. The molecular weight excluding hydrogens is 385 g/mol. The number of hydrogen-bond acceptors (Lipinski definition) is 3. The van der Waals surface area contributed by atoms with E-state index in [4.69, 9.17) is 23.2 Å². The lowest BCUT2D eigenvalue weighted by Gasteiger charge is -2.05. The highest BCUT2D eigenvalue weighted by molar-refractivity contribution is 6.42. The van der Waals surface area contributed by atoms with E-state index < -0.39 is 4.92 Å². The van der Waals surface area contributed by atoms with E-state index in [0.29, 0.717) is 26.7 Å². The molecule has 0 saturated carbocycles. The molecule has 3 rings (SSSR count). The van der Waals surface area contributed by atoms with E-state index in [1.165, 1.54) is 12.1 Å². The molecule has 0 radical (unpaired) electrons. The quantitative estimate of drug-likeness (QED) is 0.214. The van der Waals surface area contributed by atoms with Crippen LogP contribution in [0.15, 0.2) is 72.8 Å². The molecule has 27 heavy (non-hydrogen) atoms. The number of nitrogens with zero attached hydrogens (tertiary/aromatic N) is 1. The molecule has 0 unspecified atom stereocenters. The Balaban J connectivity index is 1.89. The van der Waals surface area contributed by atoms with Gasteiger partial charge in [-0.05, 0) is 41.5 Å². The second-order valence-corrected chi connectivity index (χ2v) is 6.54. The zero-order valence-corrected chi connectivity index (χ0v) is 15.4. The first-order chi connectivity index (χ1) is 13.0. The van der Waals surface area contributed by atoms with Gasteiger partial charge in [0.25, 0.3) is 5.69 Å².